The molecule has 2 N–H and O–H groups in total. The van der Waals surface area contributed by atoms with Crippen molar-refractivity contribution in [1.82, 2.24) is 5.32 Å². The predicted molar refractivity (Wildman–Crippen MR) is 68.8 cm³/mol. The molecule has 0 aliphatic carbocycles. The molecular formula is C14H20FNO2. The molecule has 0 aliphatic heterocycles. The minimum absolute atomic E-state index is 0.00521. The number of nitrogens with one attached hydrogen (secondary N) is 1. The number of phenols is 1. The summed E-state index contributed by atoms with van der Waals surface area (Å²) in [6.45, 7) is 6.32. The highest BCUT2D eigenvalue weighted by molar-refractivity contribution is 5.78. The Hall–Kier alpha value is -1.58. The zero-order chi connectivity index (χ0) is 13.7. The van der Waals surface area contributed by atoms with Gasteiger partial charge in [0.15, 0.2) is 0 Å². The van der Waals surface area contributed by atoms with E-state index in [0.29, 0.717) is 24.4 Å². The van der Waals surface area contributed by atoms with Crippen LogP contribution in [0.1, 0.15) is 26.3 Å². The number of phenolic OH excluding ortho intramolecular Hbond substituents is 1. The summed E-state index contributed by atoms with van der Waals surface area (Å²) in [7, 11) is 0. The van der Waals surface area contributed by atoms with E-state index in [-0.39, 0.29) is 17.6 Å². The second kappa shape index (κ2) is 6.38. The molecule has 0 saturated carbocycles. The van der Waals surface area contributed by atoms with Crippen molar-refractivity contribution in [2.24, 2.45) is 11.8 Å². The number of amides is 1. The Bertz CT molecular complexity index is 398. The van der Waals surface area contributed by atoms with Crippen molar-refractivity contribution in [2.45, 2.75) is 27.2 Å². The van der Waals surface area contributed by atoms with Gasteiger partial charge in [-0.05, 0) is 30.0 Å². The van der Waals surface area contributed by atoms with Gasteiger partial charge in [-0.15, -0.1) is 0 Å². The first-order valence-electron chi connectivity index (χ1n) is 6.16. The molecule has 0 fully saturated rings. The van der Waals surface area contributed by atoms with E-state index in [0.717, 1.165) is 6.07 Å². The third-order valence-corrected chi connectivity index (χ3v) is 3.07. The van der Waals surface area contributed by atoms with E-state index in [1.165, 1.54) is 12.1 Å². The molecule has 1 rings (SSSR count). The van der Waals surface area contributed by atoms with Crippen molar-refractivity contribution < 1.29 is 14.3 Å². The van der Waals surface area contributed by atoms with Gasteiger partial charge in [-0.25, -0.2) is 4.39 Å². The smallest absolute Gasteiger partial charge is 0.223 e. The van der Waals surface area contributed by atoms with Gasteiger partial charge in [-0.2, -0.15) is 0 Å². The van der Waals surface area contributed by atoms with Gasteiger partial charge in [-0.1, -0.05) is 20.8 Å². The summed E-state index contributed by atoms with van der Waals surface area (Å²) >= 11 is 0. The third kappa shape index (κ3) is 4.35. The van der Waals surface area contributed by atoms with Crippen molar-refractivity contribution in [3.8, 4) is 5.75 Å². The zero-order valence-electron chi connectivity index (χ0n) is 11.0. The molecule has 4 heteroatoms. The molecule has 0 aliphatic rings. The van der Waals surface area contributed by atoms with E-state index in [9.17, 15) is 14.3 Å². The Morgan fingerprint density at radius 3 is 2.56 bits per heavy atom. The van der Waals surface area contributed by atoms with E-state index in [4.69, 9.17) is 0 Å². The molecule has 1 amide bonds. The van der Waals surface area contributed by atoms with Crippen LogP contribution in [0.3, 0.4) is 0 Å². The first kappa shape index (κ1) is 14.5. The lowest BCUT2D eigenvalue weighted by molar-refractivity contribution is -0.125. The Morgan fingerprint density at radius 2 is 2.00 bits per heavy atom. The average molecular weight is 253 g/mol. The Balaban J connectivity index is 2.44. The van der Waals surface area contributed by atoms with Crippen LogP contribution in [0.4, 0.5) is 4.39 Å². The lowest BCUT2D eigenvalue weighted by atomic mass is 9.97. The zero-order valence-corrected chi connectivity index (χ0v) is 11.0. The molecule has 1 aromatic carbocycles. The lowest BCUT2D eigenvalue weighted by Crippen LogP contribution is -2.33. The van der Waals surface area contributed by atoms with Crippen molar-refractivity contribution in [3.63, 3.8) is 0 Å². The van der Waals surface area contributed by atoms with Gasteiger partial charge in [0, 0.05) is 18.5 Å². The maximum absolute atomic E-state index is 13.0. The molecule has 1 atom stereocenters. The number of hydrogen-bond acceptors (Lipinski definition) is 2. The first-order valence-corrected chi connectivity index (χ1v) is 6.16. The molecule has 100 valence electrons. The minimum Gasteiger partial charge on any atom is -0.508 e. The summed E-state index contributed by atoms with van der Waals surface area (Å²) in [5.74, 6) is -0.293. The second-order valence-electron chi connectivity index (χ2n) is 4.89. The Morgan fingerprint density at radius 1 is 1.33 bits per heavy atom. The van der Waals surface area contributed by atoms with E-state index in [2.05, 4.69) is 5.32 Å². The fraction of sp³-hybridized carbons (Fsp3) is 0.500. The van der Waals surface area contributed by atoms with Crippen LogP contribution in [-0.4, -0.2) is 17.6 Å². The largest absolute Gasteiger partial charge is 0.508 e. The highest BCUT2D eigenvalue weighted by Gasteiger charge is 2.15. The summed E-state index contributed by atoms with van der Waals surface area (Å²) in [5.41, 5.74) is 0.671. The van der Waals surface area contributed by atoms with Crippen LogP contribution < -0.4 is 5.32 Å². The van der Waals surface area contributed by atoms with Gasteiger partial charge >= 0.3 is 0 Å². The summed E-state index contributed by atoms with van der Waals surface area (Å²) in [5, 5.41) is 12.0. The number of hydrogen-bond donors (Lipinski definition) is 2. The van der Waals surface area contributed by atoms with Gasteiger partial charge in [0.2, 0.25) is 5.91 Å². The highest BCUT2D eigenvalue weighted by atomic mass is 19.1. The quantitative estimate of drug-likeness (QED) is 0.847. The van der Waals surface area contributed by atoms with Crippen LogP contribution in [0.25, 0.3) is 0 Å². The van der Waals surface area contributed by atoms with Crippen LogP contribution >= 0.6 is 0 Å². The van der Waals surface area contributed by atoms with E-state index < -0.39 is 5.82 Å². The highest BCUT2D eigenvalue weighted by Crippen LogP contribution is 2.15. The number of carbonyl (C=O) groups is 1. The molecular weight excluding hydrogens is 233 g/mol. The predicted octanol–water partition coefficient (Wildman–Crippen LogP) is 2.48. The van der Waals surface area contributed by atoms with Crippen LogP contribution in [0.15, 0.2) is 18.2 Å². The summed E-state index contributed by atoms with van der Waals surface area (Å²) in [4.78, 5) is 11.7. The number of aromatic hydroxyl groups is 1. The van der Waals surface area contributed by atoms with Gasteiger partial charge in [-0.3, -0.25) is 4.79 Å². The fourth-order valence-corrected chi connectivity index (χ4v) is 1.57. The molecule has 1 unspecified atom stereocenters. The molecule has 0 saturated heterocycles. The van der Waals surface area contributed by atoms with Crippen molar-refractivity contribution in [2.75, 3.05) is 6.54 Å². The third-order valence-electron chi connectivity index (χ3n) is 3.07. The SMILES string of the molecule is CC(C)C(C)C(=O)NCCc1cc(O)cc(F)c1. The Labute approximate surface area is 107 Å². The molecule has 0 spiro atoms. The van der Waals surface area contributed by atoms with Crippen LogP contribution in [0.5, 0.6) is 5.75 Å². The maximum atomic E-state index is 13.0. The molecule has 0 bridgehead atoms. The number of rotatable bonds is 5. The van der Waals surface area contributed by atoms with E-state index >= 15 is 0 Å². The van der Waals surface area contributed by atoms with Gasteiger partial charge in [0.25, 0.3) is 0 Å². The normalized spacial score (nSPS) is 12.5. The van der Waals surface area contributed by atoms with Crippen molar-refractivity contribution >= 4 is 5.91 Å². The summed E-state index contributed by atoms with van der Waals surface area (Å²) in [6.07, 6.45) is 0.502. The topological polar surface area (TPSA) is 49.3 Å². The molecule has 3 nitrogen and oxygen atoms in total. The van der Waals surface area contributed by atoms with Gasteiger partial charge in [0.05, 0.1) is 0 Å². The molecule has 0 aromatic heterocycles. The summed E-state index contributed by atoms with van der Waals surface area (Å²) in [6, 6.07) is 3.92. The number of carbonyl (C=O) groups excluding carboxylic acids is 1. The van der Waals surface area contributed by atoms with E-state index in [1.54, 1.807) is 0 Å². The first-order chi connectivity index (χ1) is 8.40. The fourth-order valence-electron chi connectivity index (χ4n) is 1.57. The maximum Gasteiger partial charge on any atom is 0.223 e. The standard InChI is InChI=1S/C14H20FNO2/c1-9(2)10(3)14(18)16-5-4-11-6-12(15)8-13(17)7-11/h6-10,17H,4-5H2,1-3H3,(H,16,18). The number of benzene rings is 1. The minimum atomic E-state index is -0.466. The van der Waals surface area contributed by atoms with Crippen LogP contribution in [0.2, 0.25) is 0 Å². The number of halogens is 1. The van der Waals surface area contributed by atoms with Crippen molar-refractivity contribution in [3.05, 3.63) is 29.6 Å². The molecule has 1 aromatic rings. The van der Waals surface area contributed by atoms with Crippen molar-refractivity contribution in [1.29, 1.82) is 0 Å². The molecule has 0 heterocycles. The van der Waals surface area contributed by atoms with E-state index in [1.807, 2.05) is 20.8 Å². The molecule has 18 heavy (non-hydrogen) atoms. The lowest BCUT2D eigenvalue weighted by Gasteiger charge is -2.15. The monoisotopic (exact) mass is 253 g/mol. The molecule has 0 radical (unpaired) electrons. The average Bonchev–Trinajstić information content (AvgIpc) is 2.26. The summed E-state index contributed by atoms with van der Waals surface area (Å²) < 4.78 is 13.0. The van der Waals surface area contributed by atoms with Crippen LogP contribution in [-0.2, 0) is 11.2 Å². The van der Waals surface area contributed by atoms with Gasteiger partial charge in [0.1, 0.15) is 11.6 Å². The Kier molecular flexibility index (Phi) is 5.13. The van der Waals surface area contributed by atoms with Crippen LogP contribution in [0, 0.1) is 17.7 Å². The second-order valence-corrected chi connectivity index (χ2v) is 4.89. The van der Waals surface area contributed by atoms with Gasteiger partial charge < -0.3 is 10.4 Å².